The monoisotopic (exact) mass is 307 g/mol. The normalized spacial score (nSPS) is 27.0. The predicted octanol–water partition coefficient (Wildman–Crippen LogP) is 5.97. The van der Waals surface area contributed by atoms with Crippen LogP contribution in [0.2, 0.25) is 0 Å². The van der Waals surface area contributed by atoms with Gasteiger partial charge in [0.25, 0.3) is 0 Å². The zero-order valence-corrected chi connectivity index (χ0v) is 13.5. The second-order valence-corrected chi connectivity index (χ2v) is 6.92. The van der Waals surface area contributed by atoms with Crippen LogP contribution in [0.3, 0.4) is 0 Å². The number of hydrogen-bond acceptors (Lipinski definition) is 1. The molecule has 4 heteroatoms. The molecule has 0 amide bonds. The minimum Gasteiger partial charge on any atom is -0.325 e. The number of nitrogens with two attached hydrogens (primary N) is 1. The first kappa shape index (κ1) is 18.8. The standard InChI is InChI=1S/C17H32F3N/c1-2-3-4-5-6-7-8-9-12-16(21)13-10-11-15(14-16)17(18,19)20/h15H,2-14,21H2,1H3. The molecular weight excluding hydrogens is 275 g/mol. The summed E-state index contributed by atoms with van der Waals surface area (Å²) in [4.78, 5) is 0. The van der Waals surface area contributed by atoms with Crippen LogP contribution >= 0.6 is 0 Å². The van der Waals surface area contributed by atoms with Crippen LogP contribution in [0, 0.1) is 5.92 Å². The van der Waals surface area contributed by atoms with Crippen LogP contribution < -0.4 is 5.73 Å². The highest BCUT2D eigenvalue weighted by atomic mass is 19.4. The van der Waals surface area contributed by atoms with Gasteiger partial charge in [0.15, 0.2) is 0 Å². The van der Waals surface area contributed by atoms with Gasteiger partial charge in [-0.25, -0.2) is 0 Å². The van der Waals surface area contributed by atoms with Crippen LogP contribution in [0.25, 0.3) is 0 Å². The molecule has 0 aromatic carbocycles. The molecule has 0 radical (unpaired) electrons. The summed E-state index contributed by atoms with van der Waals surface area (Å²) in [6.07, 6.45) is 8.19. The lowest BCUT2D eigenvalue weighted by Gasteiger charge is -2.39. The van der Waals surface area contributed by atoms with Gasteiger partial charge in [0.2, 0.25) is 0 Å². The average molecular weight is 307 g/mol. The Kier molecular flexibility index (Phi) is 8.07. The molecule has 126 valence electrons. The van der Waals surface area contributed by atoms with Gasteiger partial charge in [-0.15, -0.1) is 0 Å². The molecule has 1 rings (SSSR count). The zero-order valence-electron chi connectivity index (χ0n) is 13.5. The van der Waals surface area contributed by atoms with E-state index in [1.54, 1.807) is 0 Å². The molecule has 0 bridgehead atoms. The lowest BCUT2D eigenvalue weighted by molar-refractivity contribution is -0.187. The minimum absolute atomic E-state index is 0.132. The summed E-state index contributed by atoms with van der Waals surface area (Å²) in [5.41, 5.74) is 5.66. The van der Waals surface area contributed by atoms with E-state index in [9.17, 15) is 13.2 Å². The number of unbranched alkanes of at least 4 members (excludes halogenated alkanes) is 7. The van der Waals surface area contributed by atoms with E-state index in [-0.39, 0.29) is 12.8 Å². The summed E-state index contributed by atoms with van der Waals surface area (Å²) in [5, 5.41) is 0. The summed E-state index contributed by atoms with van der Waals surface area (Å²) in [5.74, 6) is -1.18. The van der Waals surface area contributed by atoms with E-state index in [0.29, 0.717) is 6.42 Å². The van der Waals surface area contributed by atoms with Crippen LogP contribution in [-0.2, 0) is 0 Å². The molecule has 1 nitrogen and oxygen atoms in total. The van der Waals surface area contributed by atoms with Crippen molar-refractivity contribution in [2.45, 2.75) is 102 Å². The van der Waals surface area contributed by atoms with Gasteiger partial charge in [0.05, 0.1) is 5.92 Å². The molecule has 1 aliphatic rings. The molecule has 1 aliphatic carbocycles. The van der Waals surface area contributed by atoms with Crippen molar-refractivity contribution in [3.8, 4) is 0 Å². The van der Waals surface area contributed by atoms with Gasteiger partial charge < -0.3 is 5.73 Å². The molecule has 2 atom stereocenters. The van der Waals surface area contributed by atoms with Crippen molar-refractivity contribution in [2.75, 3.05) is 0 Å². The molecule has 0 aromatic heterocycles. The molecule has 2 N–H and O–H groups in total. The third-order valence-electron chi connectivity index (χ3n) is 4.87. The lowest BCUT2D eigenvalue weighted by Crippen LogP contribution is -2.47. The number of halogens is 3. The van der Waals surface area contributed by atoms with Crippen molar-refractivity contribution >= 4 is 0 Å². The molecule has 0 aliphatic heterocycles. The number of alkyl halides is 3. The maximum Gasteiger partial charge on any atom is 0.391 e. The summed E-state index contributed by atoms with van der Waals surface area (Å²) < 4.78 is 38.5. The Morgan fingerprint density at radius 1 is 1.00 bits per heavy atom. The molecule has 1 fully saturated rings. The Morgan fingerprint density at radius 2 is 1.57 bits per heavy atom. The molecule has 0 heterocycles. The fourth-order valence-electron chi connectivity index (χ4n) is 3.51. The smallest absolute Gasteiger partial charge is 0.325 e. The first-order chi connectivity index (χ1) is 9.87. The van der Waals surface area contributed by atoms with Gasteiger partial charge in [0.1, 0.15) is 0 Å². The lowest BCUT2D eigenvalue weighted by atomic mass is 9.73. The second-order valence-electron chi connectivity index (χ2n) is 6.92. The van der Waals surface area contributed by atoms with Gasteiger partial charge >= 0.3 is 6.18 Å². The second kappa shape index (κ2) is 9.02. The van der Waals surface area contributed by atoms with Crippen molar-refractivity contribution in [3.63, 3.8) is 0 Å². The number of hydrogen-bond donors (Lipinski definition) is 1. The summed E-state index contributed by atoms with van der Waals surface area (Å²) >= 11 is 0. The van der Waals surface area contributed by atoms with E-state index >= 15 is 0 Å². The molecule has 0 saturated heterocycles. The van der Waals surface area contributed by atoms with Gasteiger partial charge in [0, 0.05) is 5.54 Å². The maximum atomic E-state index is 12.8. The average Bonchev–Trinajstić information content (AvgIpc) is 2.41. The highest BCUT2D eigenvalue weighted by Crippen LogP contribution is 2.42. The predicted molar refractivity (Wildman–Crippen MR) is 82.2 cm³/mol. The summed E-state index contributed by atoms with van der Waals surface area (Å²) in [6, 6.07) is 0. The Labute approximate surface area is 127 Å². The Bertz CT molecular complexity index is 278. The van der Waals surface area contributed by atoms with Crippen LogP contribution in [0.4, 0.5) is 13.2 Å². The van der Waals surface area contributed by atoms with E-state index in [2.05, 4.69) is 6.92 Å². The van der Waals surface area contributed by atoms with Gasteiger partial charge in [-0.2, -0.15) is 13.2 Å². The van der Waals surface area contributed by atoms with Crippen LogP contribution in [0.5, 0.6) is 0 Å². The summed E-state index contributed by atoms with van der Waals surface area (Å²) in [6.45, 7) is 2.21. The van der Waals surface area contributed by atoms with Crippen LogP contribution in [0.15, 0.2) is 0 Å². The highest BCUT2D eigenvalue weighted by molar-refractivity contribution is 4.92. The Balaban J connectivity index is 2.15. The van der Waals surface area contributed by atoms with E-state index in [1.165, 1.54) is 38.5 Å². The molecule has 21 heavy (non-hydrogen) atoms. The number of rotatable bonds is 9. The molecule has 0 spiro atoms. The fraction of sp³-hybridized carbons (Fsp3) is 1.00. The first-order valence-corrected chi connectivity index (χ1v) is 8.73. The Morgan fingerprint density at radius 3 is 2.14 bits per heavy atom. The molecular formula is C17H32F3N. The fourth-order valence-corrected chi connectivity index (χ4v) is 3.51. The van der Waals surface area contributed by atoms with Crippen molar-refractivity contribution in [1.29, 1.82) is 0 Å². The highest BCUT2D eigenvalue weighted by Gasteiger charge is 2.45. The zero-order chi connectivity index (χ0) is 15.8. The van der Waals surface area contributed by atoms with Crippen LogP contribution in [-0.4, -0.2) is 11.7 Å². The van der Waals surface area contributed by atoms with Gasteiger partial charge in [-0.05, 0) is 25.7 Å². The van der Waals surface area contributed by atoms with Crippen molar-refractivity contribution < 1.29 is 13.2 Å². The maximum absolute atomic E-state index is 12.8. The van der Waals surface area contributed by atoms with Crippen molar-refractivity contribution in [3.05, 3.63) is 0 Å². The topological polar surface area (TPSA) is 26.0 Å². The first-order valence-electron chi connectivity index (χ1n) is 8.73. The van der Waals surface area contributed by atoms with Crippen molar-refractivity contribution in [1.82, 2.24) is 0 Å². The van der Waals surface area contributed by atoms with E-state index in [4.69, 9.17) is 5.73 Å². The molecule has 0 aromatic rings. The third-order valence-corrected chi connectivity index (χ3v) is 4.87. The quantitative estimate of drug-likeness (QED) is 0.522. The third kappa shape index (κ3) is 7.53. The van der Waals surface area contributed by atoms with E-state index in [1.807, 2.05) is 0 Å². The van der Waals surface area contributed by atoms with Gasteiger partial charge in [-0.1, -0.05) is 64.7 Å². The van der Waals surface area contributed by atoms with Crippen LogP contribution in [0.1, 0.15) is 90.4 Å². The Hall–Kier alpha value is -0.250. The molecule has 1 saturated carbocycles. The largest absolute Gasteiger partial charge is 0.391 e. The minimum atomic E-state index is -4.07. The van der Waals surface area contributed by atoms with E-state index < -0.39 is 17.6 Å². The van der Waals surface area contributed by atoms with E-state index in [0.717, 1.165) is 25.7 Å². The SMILES string of the molecule is CCCCCCCCCCC1(N)CCCC(C(F)(F)F)C1. The molecule has 2 unspecified atom stereocenters. The van der Waals surface area contributed by atoms with Crippen molar-refractivity contribution in [2.24, 2.45) is 11.7 Å². The summed E-state index contributed by atoms with van der Waals surface area (Å²) in [7, 11) is 0. The van der Waals surface area contributed by atoms with Gasteiger partial charge in [-0.3, -0.25) is 0 Å².